The molecule has 0 aliphatic heterocycles. The van der Waals surface area contributed by atoms with Crippen LogP contribution in [0.3, 0.4) is 0 Å². The number of rotatable bonds is 0. The lowest BCUT2D eigenvalue weighted by Crippen LogP contribution is -2.24. The molecule has 1 amide bonds. The van der Waals surface area contributed by atoms with Crippen LogP contribution in [0.15, 0.2) is 23.7 Å². The van der Waals surface area contributed by atoms with Crippen LogP contribution in [0.25, 0.3) is 0 Å². The number of nitrogens with zero attached hydrogens (tertiary/aromatic N) is 4. The summed E-state index contributed by atoms with van der Waals surface area (Å²) < 4.78 is 2.73. The number of hydrogen-bond donors (Lipinski definition) is 1. The third-order valence-electron chi connectivity index (χ3n) is 4.39. The number of amides is 1. The van der Waals surface area contributed by atoms with Crippen molar-refractivity contribution in [3.63, 3.8) is 0 Å². The molecule has 2 aliphatic carbocycles. The molecular formula is C15H16N4O2. The number of carbonyl (C=O) groups is 1. The molecule has 4 rings (SSSR count). The maximum absolute atomic E-state index is 12.2. The molecule has 0 saturated heterocycles. The van der Waals surface area contributed by atoms with Gasteiger partial charge in [-0.15, -0.1) is 0 Å². The highest BCUT2D eigenvalue weighted by molar-refractivity contribution is 5.77. The zero-order valence-corrected chi connectivity index (χ0v) is 11.6. The summed E-state index contributed by atoms with van der Waals surface area (Å²) in [7, 11) is 0. The maximum Gasteiger partial charge on any atom is 0.353 e. The van der Waals surface area contributed by atoms with Gasteiger partial charge in [0, 0.05) is 23.5 Å². The van der Waals surface area contributed by atoms with Crippen molar-refractivity contribution >= 4 is 6.03 Å². The third-order valence-corrected chi connectivity index (χ3v) is 4.39. The van der Waals surface area contributed by atoms with Crippen LogP contribution in [0.1, 0.15) is 35.4 Å². The number of carbonyl (C=O) groups excluding carboxylic acids is 1. The summed E-state index contributed by atoms with van der Waals surface area (Å²) in [6.07, 6.45) is 10.1. The molecule has 0 atom stereocenters. The Morgan fingerprint density at radius 1 is 1.14 bits per heavy atom. The molecule has 0 spiro atoms. The van der Waals surface area contributed by atoms with Crippen molar-refractivity contribution in [3.8, 4) is 0 Å². The van der Waals surface area contributed by atoms with E-state index >= 15 is 0 Å². The molecule has 21 heavy (non-hydrogen) atoms. The third kappa shape index (κ3) is 1.82. The molecule has 2 aliphatic rings. The van der Waals surface area contributed by atoms with Gasteiger partial charge in [0.05, 0.1) is 16.7 Å². The Bertz CT molecular complexity index is 749. The summed E-state index contributed by atoms with van der Waals surface area (Å²) >= 11 is 0. The molecule has 0 bridgehead atoms. The lowest BCUT2D eigenvalue weighted by molar-refractivity contribution is 0.166. The van der Waals surface area contributed by atoms with Crippen molar-refractivity contribution in [2.75, 3.05) is 0 Å². The van der Waals surface area contributed by atoms with Crippen molar-refractivity contribution < 1.29 is 10.0 Å². The van der Waals surface area contributed by atoms with Crippen LogP contribution in [0.5, 0.6) is 0 Å². The number of fused-ring (bicyclic) bond motifs is 2. The lowest BCUT2D eigenvalue weighted by atomic mass is 10.1. The molecule has 0 fully saturated rings. The van der Waals surface area contributed by atoms with E-state index in [-0.39, 0.29) is 6.03 Å². The van der Waals surface area contributed by atoms with Crippen LogP contribution in [0.2, 0.25) is 0 Å². The molecule has 2 aromatic heterocycles. The average Bonchev–Trinajstić information content (AvgIpc) is 3.24. The average molecular weight is 284 g/mol. The second-order valence-electron chi connectivity index (χ2n) is 5.58. The van der Waals surface area contributed by atoms with E-state index in [1.54, 1.807) is 12.4 Å². The SMILES string of the molecule is O=C(N=c1c2c(n(O)c3c1CCC3)CCC2)n1ccnc1. The van der Waals surface area contributed by atoms with E-state index < -0.39 is 0 Å². The summed E-state index contributed by atoms with van der Waals surface area (Å²) in [5.41, 5.74) is 3.92. The Balaban J connectivity index is 1.95. The van der Waals surface area contributed by atoms with E-state index in [2.05, 4.69) is 9.98 Å². The minimum atomic E-state index is -0.327. The van der Waals surface area contributed by atoms with Crippen LogP contribution < -0.4 is 5.36 Å². The minimum Gasteiger partial charge on any atom is -0.428 e. The quantitative estimate of drug-likeness (QED) is 0.745. The van der Waals surface area contributed by atoms with Crippen molar-refractivity contribution in [1.82, 2.24) is 14.3 Å². The zero-order chi connectivity index (χ0) is 14.4. The lowest BCUT2D eigenvalue weighted by Gasteiger charge is -2.13. The number of imidazole rings is 1. The molecule has 0 saturated carbocycles. The Hall–Kier alpha value is -2.37. The predicted octanol–water partition coefficient (Wildman–Crippen LogP) is 1.47. The summed E-state index contributed by atoms with van der Waals surface area (Å²) in [6, 6.07) is -0.327. The fraction of sp³-hybridized carbons (Fsp3) is 0.400. The Kier molecular flexibility index (Phi) is 2.70. The summed E-state index contributed by atoms with van der Waals surface area (Å²) in [6.45, 7) is 0. The molecule has 1 N–H and O–H groups in total. The fourth-order valence-corrected chi connectivity index (χ4v) is 3.44. The molecular weight excluding hydrogens is 268 g/mol. The first-order chi connectivity index (χ1) is 10.3. The van der Waals surface area contributed by atoms with E-state index in [1.807, 2.05) is 0 Å². The second kappa shape index (κ2) is 4.58. The highest BCUT2D eigenvalue weighted by Crippen LogP contribution is 2.26. The van der Waals surface area contributed by atoms with Gasteiger partial charge in [-0.25, -0.2) is 9.78 Å². The van der Waals surface area contributed by atoms with E-state index in [9.17, 15) is 10.0 Å². The molecule has 0 radical (unpaired) electrons. The zero-order valence-electron chi connectivity index (χ0n) is 11.6. The smallest absolute Gasteiger partial charge is 0.353 e. The Morgan fingerprint density at radius 3 is 2.38 bits per heavy atom. The van der Waals surface area contributed by atoms with E-state index in [0.717, 1.165) is 66.4 Å². The molecule has 0 aromatic carbocycles. The van der Waals surface area contributed by atoms with E-state index in [4.69, 9.17) is 0 Å². The van der Waals surface area contributed by atoms with Gasteiger partial charge in [-0.2, -0.15) is 9.72 Å². The highest BCUT2D eigenvalue weighted by atomic mass is 16.5. The topological polar surface area (TPSA) is 72.4 Å². The summed E-state index contributed by atoms with van der Waals surface area (Å²) in [5, 5.41) is 11.1. The van der Waals surface area contributed by atoms with Crippen LogP contribution in [0.4, 0.5) is 4.79 Å². The molecule has 108 valence electrons. The first kappa shape index (κ1) is 12.4. The van der Waals surface area contributed by atoms with Crippen LogP contribution in [-0.2, 0) is 25.7 Å². The normalized spacial score (nSPS) is 15.8. The largest absolute Gasteiger partial charge is 0.428 e. The number of aromatic nitrogens is 3. The first-order valence-electron chi connectivity index (χ1n) is 7.30. The van der Waals surface area contributed by atoms with Crippen LogP contribution in [-0.4, -0.2) is 25.5 Å². The van der Waals surface area contributed by atoms with Crippen molar-refractivity contribution in [2.24, 2.45) is 4.99 Å². The van der Waals surface area contributed by atoms with Crippen molar-refractivity contribution in [1.29, 1.82) is 0 Å². The predicted molar refractivity (Wildman–Crippen MR) is 74.3 cm³/mol. The highest BCUT2D eigenvalue weighted by Gasteiger charge is 2.26. The van der Waals surface area contributed by atoms with Crippen LogP contribution in [0, 0.1) is 0 Å². The van der Waals surface area contributed by atoms with Crippen LogP contribution >= 0.6 is 0 Å². The van der Waals surface area contributed by atoms with Gasteiger partial charge in [0.1, 0.15) is 6.33 Å². The molecule has 6 heteroatoms. The second-order valence-corrected chi connectivity index (χ2v) is 5.58. The molecule has 0 unspecified atom stereocenters. The Morgan fingerprint density at radius 2 is 1.81 bits per heavy atom. The molecule has 6 nitrogen and oxygen atoms in total. The van der Waals surface area contributed by atoms with E-state index in [0.29, 0.717) is 0 Å². The number of pyridine rings is 1. The summed E-state index contributed by atoms with van der Waals surface area (Å²) in [5.74, 6) is 0. The van der Waals surface area contributed by atoms with Gasteiger partial charge in [0.15, 0.2) is 0 Å². The van der Waals surface area contributed by atoms with E-state index in [1.165, 1.54) is 15.6 Å². The van der Waals surface area contributed by atoms with Gasteiger partial charge in [-0.05, 0) is 38.5 Å². The Labute approximate surface area is 121 Å². The van der Waals surface area contributed by atoms with Gasteiger partial charge in [0.25, 0.3) is 0 Å². The van der Waals surface area contributed by atoms with Gasteiger partial charge in [0.2, 0.25) is 0 Å². The minimum absolute atomic E-state index is 0.327. The molecule has 2 aromatic rings. The number of hydrogen-bond acceptors (Lipinski definition) is 3. The fourth-order valence-electron chi connectivity index (χ4n) is 3.44. The standard InChI is InChI=1S/C15H16N4O2/c20-15(18-8-7-16-9-18)17-14-10-3-1-5-12(10)19(21)13-6-2-4-11(13)14/h7-9,21H,1-6H2. The van der Waals surface area contributed by atoms with Gasteiger partial charge in [-0.3, -0.25) is 4.57 Å². The van der Waals surface area contributed by atoms with Gasteiger partial charge < -0.3 is 5.21 Å². The van der Waals surface area contributed by atoms with Gasteiger partial charge >= 0.3 is 6.03 Å². The summed E-state index contributed by atoms with van der Waals surface area (Å²) in [4.78, 5) is 20.5. The maximum atomic E-state index is 12.2. The monoisotopic (exact) mass is 284 g/mol. The van der Waals surface area contributed by atoms with Gasteiger partial charge in [-0.1, -0.05) is 0 Å². The van der Waals surface area contributed by atoms with Crippen molar-refractivity contribution in [2.45, 2.75) is 38.5 Å². The van der Waals surface area contributed by atoms with Crippen molar-refractivity contribution in [3.05, 3.63) is 46.6 Å². The molecule has 2 heterocycles. The first-order valence-corrected chi connectivity index (χ1v) is 7.30.